The average molecular weight is 254 g/mol. The fourth-order valence-electron chi connectivity index (χ4n) is 2.07. The Balaban J connectivity index is 2.17. The number of sulfonamides is 1. The summed E-state index contributed by atoms with van der Waals surface area (Å²) in [5.74, 6) is 0.616. The first-order valence-corrected chi connectivity index (χ1v) is 7.25. The van der Waals surface area contributed by atoms with Gasteiger partial charge >= 0.3 is 0 Å². The van der Waals surface area contributed by atoms with Crippen LogP contribution in [-0.2, 0) is 10.0 Å². The van der Waals surface area contributed by atoms with Gasteiger partial charge in [-0.25, -0.2) is 13.1 Å². The van der Waals surface area contributed by atoms with Crippen LogP contribution in [0.1, 0.15) is 25.3 Å². The molecule has 0 radical (unpaired) electrons. The van der Waals surface area contributed by atoms with Crippen molar-refractivity contribution in [2.75, 3.05) is 5.73 Å². The van der Waals surface area contributed by atoms with Gasteiger partial charge in [-0.15, -0.1) is 0 Å². The highest BCUT2D eigenvalue weighted by atomic mass is 32.2. The molecule has 5 heteroatoms. The van der Waals surface area contributed by atoms with Crippen molar-refractivity contribution in [1.29, 1.82) is 0 Å². The van der Waals surface area contributed by atoms with Gasteiger partial charge in [-0.05, 0) is 43.4 Å². The van der Waals surface area contributed by atoms with Gasteiger partial charge in [-0.3, -0.25) is 0 Å². The second kappa shape index (κ2) is 4.31. The third-order valence-electron chi connectivity index (χ3n) is 3.26. The Morgan fingerprint density at radius 3 is 2.53 bits per heavy atom. The van der Waals surface area contributed by atoms with Crippen molar-refractivity contribution in [2.24, 2.45) is 5.92 Å². The van der Waals surface area contributed by atoms with Crippen molar-refractivity contribution in [1.82, 2.24) is 4.72 Å². The Bertz CT molecular complexity index is 519. The van der Waals surface area contributed by atoms with Crippen molar-refractivity contribution >= 4 is 15.7 Å². The molecule has 0 atom stereocenters. The molecule has 1 fully saturated rings. The smallest absolute Gasteiger partial charge is 0.240 e. The van der Waals surface area contributed by atoms with Crippen LogP contribution in [0.25, 0.3) is 0 Å². The maximum absolute atomic E-state index is 12.0. The number of nitrogens with two attached hydrogens (primary N) is 1. The van der Waals surface area contributed by atoms with Gasteiger partial charge in [-0.2, -0.15) is 0 Å². The molecule has 94 valence electrons. The van der Waals surface area contributed by atoms with Crippen molar-refractivity contribution in [3.63, 3.8) is 0 Å². The molecule has 1 aromatic rings. The summed E-state index contributed by atoms with van der Waals surface area (Å²) in [5, 5.41) is 0. The number of hydrogen-bond donors (Lipinski definition) is 2. The average Bonchev–Trinajstić information content (AvgIpc) is 2.19. The van der Waals surface area contributed by atoms with Gasteiger partial charge in [0.1, 0.15) is 0 Å². The molecule has 0 aliphatic heterocycles. The lowest BCUT2D eigenvalue weighted by atomic mass is 9.83. The molecule has 0 aromatic heterocycles. The molecule has 0 unspecified atom stereocenters. The van der Waals surface area contributed by atoms with Crippen molar-refractivity contribution in [3.8, 4) is 0 Å². The van der Waals surface area contributed by atoms with E-state index in [0.717, 1.165) is 18.4 Å². The second-order valence-corrected chi connectivity index (χ2v) is 6.63. The number of nitrogens with one attached hydrogen (secondary N) is 1. The van der Waals surface area contributed by atoms with Crippen molar-refractivity contribution < 1.29 is 8.42 Å². The van der Waals surface area contributed by atoms with Crippen LogP contribution in [0, 0.1) is 12.8 Å². The van der Waals surface area contributed by atoms with E-state index in [1.807, 2.05) is 6.92 Å². The maximum atomic E-state index is 12.0. The van der Waals surface area contributed by atoms with Crippen molar-refractivity contribution in [3.05, 3.63) is 23.8 Å². The largest absolute Gasteiger partial charge is 0.398 e. The Kier molecular flexibility index (Phi) is 3.14. The fourth-order valence-corrected chi connectivity index (χ4v) is 3.37. The Labute approximate surface area is 102 Å². The monoisotopic (exact) mass is 254 g/mol. The summed E-state index contributed by atoms with van der Waals surface area (Å²) in [4.78, 5) is 0.250. The highest BCUT2D eigenvalue weighted by Crippen LogP contribution is 2.28. The van der Waals surface area contributed by atoms with E-state index in [2.05, 4.69) is 11.6 Å². The number of hydrogen-bond acceptors (Lipinski definition) is 3. The highest BCUT2D eigenvalue weighted by molar-refractivity contribution is 7.89. The molecule has 0 amide bonds. The molecular weight excluding hydrogens is 236 g/mol. The third kappa shape index (κ3) is 2.61. The summed E-state index contributed by atoms with van der Waals surface area (Å²) in [6, 6.07) is 4.92. The summed E-state index contributed by atoms with van der Waals surface area (Å²) >= 11 is 0. The van der Waals surface area contributed by atoms with Crippen LogP contribution in [0.5, 0.6) is 0 Å². The number of nitrogen functional groups attached to an aromatic ring is 1. The van der Waals surface area contributed by atoms with Gasteiger partial charge in [0.15, 0.2) is 0 Å². The number of aryl methyl sites for hydroxylation is 1. The lowest BCUT2D eigenvalue weighted by Crippen LogP contribution is -2.43. The van der Waals surface area contributed by atoms with E-state index in [1.54, 1.807) is 12.1 Å². The van der Waals surface area contributed by atoms with Crippen LogP contribution in [-0.4, -0.2) is 14.5 Å². The molecule has 0 heterocycles. The molecule has 0 bridgehead atoms. The molecule has 4 nitrogen and oxygen atoms in total. The number of anilines is 1. The molecule has 1 aliphatic carbocycles. The molecule has 1 aromatic carbocycles. The fraction of sp³-hybridized carbons (Fsp3) is 0.500. The topological polar surface area (TPSA) is 72.2 Å². The van der Waals surface area contributed by atoms with E-state index in [-0.39, 0.29) is 10.9 Å². The zero-order valence-corrected chi connectivity index (χ0v) is 10.9. The minimum absolute atomic E-state index is 0.0810. The van der Waals surface area contributed by atoms with E-state index in [0.29, 0.717) is 11.6 Å². The zero-order valence-electron chi connectivity index (χ0n) is 10.1. The van der Waals surface area contributed by atoms with Gasteiger partial charge < -0.3 is 5.73 Å². The molecule has 0 saturated heterocycles. The van der Waals surface area contributed by atoms with Gasteiger partial charge in [0.25, 0.3) is 0 Å². The summed E-state index contributed by atoms with van der Waals surface area (Å²) in [6.07, 6.45) is 1.83. The van der Waals surface area contributed by atoms with Crippen LogP contribution >= 0.6 is 0 Å². The standard InChI is InChI=1S/C12H18N2O2S/c1-8-5-10(6-8)14-17(15,16)11-4-3-9(2)12(13)7-11/h3-4,7-8,10,14H,5-6,13H2,1-2H3. The molecule has 2 rings (SSSR count). The Morgan fingerprint density at radius 1 is 1.35 bits per heavy atom. The lowest BCUT2D eigenvalue weighted by molar-refractivity contribution is 0.270. The quantitative estimate of drug-likeness (QED) is 0.806. The summed E-state index contributed by atoms with van der Waals surface area (Å²) in [7, 11) is -3.41. The minimum Gasteiger partial charge on any atom is -0.398 e. The predicted octanol–water partition coefficient (Wildman–Crippen LogP) is 1.65. The van der Waals surface area contributed by atoms with Gasteiger partial charge in [0, 0.05) is 11.7 Å². The van der Waals surface area contributed by atoms with Crippen molar-refractivity contribution in [2.45, 2.75) is 37.6 Å². The number of benzene rings is 1. The SMILES string of the molecule is Cc1ccc(S(=O)(=O)NC2CC(C)C2)cc1N. The van der Waals surface area contributed by atoms with Crippen LogP contribution in [0.3, 0.4) is 0 Å². The molecule has 17 heavy (non-hydrogen) atoms. The predicted molar refractivity (Wildman–Crippen MR) is 68.1 cm³/mol. The summed E-state index contributed by atoms with van der Waals surface area (Å²) < 4.78 is 26.8. The molecule has 3 N–H and O–H groups in total. The van der Waals surface area contributed by atoms with Crippen LogP contribution < -0.4 is 10.5 Å². The Hall–Kier alpha value is -1.07. The van der Waals surface area contributed by atoms with Crippen LogP contribution in [0.15, 0.2) is 23.1 Å². The minimum atomic E-state index is -3.41. The molecule has 0 spiro atoms. The van der Waals surface area contributed by atoms with Gasteiger partial charge in [0.2, 0.25) is 10.0 Å². The lowest BCUT2D eigenvalue weighted by Gasteiger charge is -2.32. The second-order valence-electron chi connectivity index (χ2n) is 4.91. The molecular formula is C12H18N2O2S. The van der Waals surface area contributed by atoms with E-state index in [9.17, 15) is 8.42 Å². The van der Waals surface area contributed by atoms with Crippen LogP contribution in [0.2, 0.25) is 0 Å². The van der Waals surface area contributed by atoms with E-state index >= 15 is 0 Å². The Morgan fingerprint density at radius 2 is 2.00 bits per heavy atom. The molecule has 1 aliphatic rings. The summed E-state index contributed by atoms with van der Waals surface area (Å²) in [6.45, 7) is 3.97. The van der Waals surface area contributed by atoms with Gasteiger partial charge in [0.05, 0.1) is 4.90 Å². The van der Waals surface area contributed by atoms with E-state index in [1.165, 1.54) is 6.07 Å². The van der Waals surface area contributed by atoms with E-state index in [4.69, 9.17) is 5.73 Å². The third-order valence-corrected chi connectivity index (χ3v) is 4.77. The normalized spacial score (nSPS) is 24.4. The van der Waals surface area contributed by atoms with Crippen LogP contribution in [0.4, 0.5) is 5.69 Å². The maximum Gasteiger partial charge on any atom is 0.240 e. The first-order valence-electron chi connectivity index (χ1n) is 5.77. The first-order chi connectivity index (χ1) is 7.88. The molecule has 1 saturated carbocycles. The first kappa shape index (κ1) is 12.4. The van der Waals surface area contributed by atoms with E-state index < -0.39 is 10.0 Å². The highest BCUT2D eigenvalue weighted by Gasteiger charge is 2.29. The zero-order chi connectivity index (χ0) is 12.6. The van der Waals surface area contributed by atoms with Gasteiger partial charge in [-0.1, -0.05) is 13.0 Å². The summed E-state index contributed by atoms with van der Waals surface area (Å²) in [5.41, 5.74) is 7.12. The number of rotatable bonds is 3.